The third kappa shape index (κ3) is 3.67. The quantitative estimate of drug-likeness (QED) is 0.878. The Kier molecular flexibility index (Phi) is 3.96. The summed E-state index contributed by atoms with van der Waals surface area (Å²) >= 11 is 1.30. The number of thiazole rings is 1. The average molecular weight is 313 g/mol. The van der Waals surface area contributed by atoms with Crippen molar-refractivity contribution in [2.24, 2.45) is 0 Å². The zero-order valence-electron chi connectivity index (χ0n) is 11.1. The molecule has 1 atom stereocenters. The van der Waals surface area contributed by atoms with Gasteiger partial charge in [0.15, 0.2) is 5.13 Å². The highest BCUT2D eigenvalue weighted by Crippen LogP contribution is 2.24. The van der Waals surface area contributed by atoms with Gasteiger partial charge in [-0.15, -0.1) is 0 Å². The highest BCUT2D eigenvalue weighted by molar-refractivity contribution is 7.90. The van der Waals surface area contributed by atoms with Crippen LogP contribution in [0.3, 0.4) is 0 Å². The van der Waals surface area contributed by atoms with Gasteiger partial charge in [-0.05, 0) is 25.1 Å². The fourth-order valence-electron chi connectivity index (χ4n) is 1.89. The van der Waals surface area contributed by atoms with Gasteiger partial charge in [0, 0.05) is 17.9 Å². The van der Waals surface area contributed by atoms with Crippen molar-refractivity contribution in [1.82, 2.24) is 10.3 Å². The summed E-state index contributed by atoms with van der Waals surface area (Å²) in [5, 5.41) is 3.11. The summed E-state index contributed by atoms with van der Waals surface area (Å²) in [6, 6.07) is 4.62. The van der Waals surface area contributed by atoms with Crippen LogP contribution in [0.5, 0.6) is 0 Å². The molecule has 0 radical (unpaired) electrons. The molecular weight excluding hydrogens is 298 g/mol. The molecule has 6 nitrogen and oxygen atoms in total. The molecule has 1 unspecified atom stereocenters. The van der Waals surface area contributed by atoms with E-state index in [0.717, 1.165) is 16.5 Å². The lowest BCUT2D eigenvalue weighted by molar-refractivity contribution is 0.0944. The number of carbonyl (C=O) groups excluding carboxylic acids is 1. The molecule has 1 aromatic heterocycles. The predicted octanol–water partition coefficient (Wildman–Crippen LogP) is 1.04. The molecule has 20 heavy (non-hydrogen) atoms. The van der Waals surface area contributed by atoms with Gasteiger partial charge in [0.05, 0.1) is 16.0 Å². The minimum atomic E-state index is -3.12. The SMILES string of the molecule is CC(CS(C)(=O)=O)NC(=O)c1ccc2nc(N)sc2c1. The molecule has 3 N–H and O–H groups in total. The van der Waals surface area contributed by atoms with Crippen LogP contribution >= 0.6 is 11.3 Å². The van der Waals surface area contributed by atoms with Crippen LogP contribution in [0.1, 0.15) is 17.3 Å². The number of nitrogen functional groups attached to an aromatic ring is 1. The third-order valence-corrected chi connectivity index (χ3v) is 4.55. The number of amides is 1. The van der Waals surface area contributed by atoms with E-state index in [-0.39, 0.29) is 11.7 Å². The summed E-state index contributed by atoms with van der Waals surface area (Å²) in [6.07, 6.45) is 1.14. The number of benzene rings is 1. The lowest BCUT2D eigenvalue weighted by Gasteiger charge is -2.12. The van der Waals surface area contributed by atoms with Gasteiger partial charge in [-0.25, -0.2) is 13.4 Å². The number of sulfone groups is 1. The summed E-state index contributed by atoms with van der Waals surface area (Å²) in [6.45, 7) is 1.65. The first-order valence-corrected chi connectivity index (χ1v) is 8.77. The molecule has 108 valence electrons. The van der Waals surface area contributed by atoms with Gasteiger partial charge < -0.3 is 11.1 Å². The van der Waals surface area contributed by atoms with E-state index in [2.05, 4.69) is 10.3 Å². The van der Waals surface area contributed by atoms with Gasteiger partial charge in [0.2, 0.25) is 0 Å². The van der Waals surface area contributed by atoms with Gasteiger partial charge in [0.1, 0.15) is 9.84 Å². The third-order valence-electron chi connectivity index (χ3n) is 2.60. The van der Waals surface area contributed by atoms with E-state index in [1.165, 1.54) is 11.3 Å². The van der Waals surface area contributed by atoms with Gasteiger partial charge in [0.25, 0.3) is 5.91 Å². The second kappa shape index (κ2) is 5.37. The lowest BCUT2D eigenvalue weighted by atomic mass is 10.2. The molecule has 0 aliphatic carbocycles. The molecule has 0 bridgehead atoms. The minimum absolute atomic E-state index is 0.0888. The molecule has 0 saturated carbocycles. The number of hydrogen-bond donors (Lipinski definition) is 2. The molecule has 0 aliphatic heterocycles. The molecule has 0 aliphatic rings. The monoisotopic (exact) mass is 313 g/mol. The number of nitrogens with two attached hydrogens (primary N) is 1. The number of fused-ring (bicyclic) bond motifs is 1. The van der Waals surface area contributed by atoms with Crippen LogP contribution in [-0.2, 0) is 9.84 Å². The second-order valence-electron chi connectivity index (χ2n) is 4.70. The number of hydrogen-bond acceptors (Lipinski definition) is 6. The maximum Gasteiger partial charge on any atom is 0.251 e. The van der Waals surface area contributed by atoms with Gasteiger partial charge >= 0.3 is 0 Å². The smallest absolute Gasteiger partial charge is 0.251 e. The number of nitrogens with zero attached hydrogens (tertiary/aromatic N) is 1. The topological polar surface area (TPSA) is 102 Å². The number of aromatic nitrogens is 1. The molecule has 2 aromatic rings. The first-order valence-electron chi connectivity index (χ1n) is 5.89. The van der Waals surface area contributed by atoms with Crippen molar-refractivity contribution < 1.29 is 13.2 Å². The highest BCUT2D eigenvalue weighted by atomic mass is 32.2. The number of rotatable bonds is 4. The summed E-state index contributed by atoms with van der Waals surface area (Å²) in [5.74, 6) is -0.399. The van der Waals surface area contributed by atoms with E-state index in [1.807, 2.05) is 0 Å². The first kappa shape index (κ1) is 14.7. The maximum absolute atomic E-state index is 12.0. The average Bonchev–Trinajstić information content (AvgIpc) is 2.64. The Morgan fingerprint density at radius 3 is 2.85 bits per heavy atom. The fraction of sp³-hybridized carbons (Fsp3) is 0.333. The van der Waals surface area contributed by atoms with Crippen molar-refractivity contribution >= 4 is 42.4 Å². The molecule has 1 aromatic carbocycles. The first-order chi connectivity index (χ1) is 9.24. The summed E-state index contributed by atoms with van der Waals surface area (Å²) < 4.78 is 23.2. The Morgan fingerprint density at radius 2 is 2.20 bits per heavy atom. The molecule has 1 heterocycles. The van der Waals surface area contributed by atoms with Crippen LogP contribution < -0.4 is 11.1 Å². The van der Waals surface area contributed by atoms with E-state index in [9.17, 15) is 13.2 Å². The van der Waals surface area contributed by atoms with Crippen LogP contribution in [0.15, 0.2) is 18.2 Å². The summed E-state index contributed by atoms with van der Waals surface area (Å²) in [7, 11) is -3.12. The fourth-order valence-corrected chi connectivity index (χ4v) is 3.65. The summed E-state index contributed by atoms with van der Waals surface area (Å²) in [5.41, 5.74) is 6.81. The molecule has 0 saturated heterocycles. The van der Waals surface area contributed by atoms with Crippen LogP contribution in [0.2, 0.25) is 0 Å². The van der Waals surface area contributed by atoms with Crippen molar-refractivity contribution in [3.8, 4) is 0 Å². The van der Waals surface area contributed by atoms with Crippen LogP contribution in [0, 0.1) is 0 Å². The van der Waals surface area contributed by atoms with E-state index < -0.39 is 15.9 Å². The van der Waals surface area contributed by atoms with Gasteiger partial charge in [-0.3, -0.25) is 4.79 Å². The normalized spacial score (nSPS) is 13.3. The highest BCUT2D eigenvalue weighted by Gasteiger charge is 2.15. The number of anilines is 1. The van der Waals surface area contributed by atoms with Crippen LogP contribution in [-0.4, -0.2) is 37.4 Å². The molecule has 1 amide bonds. The number of carbonyl (C=O) groups is 1. The molecule has 2 rings (SSSR count). The van der Waals surface area contributed by atoms with E-state index in [0.29, 0.717) is 10.7 Å². The Morgan fingerprint density at radius 1 is 1.50 bits per heavy atom. The maximum atomic E-state index is 12.0. The zero-order valence-corrected chi connectivity index (χ0v) is 12.7. The van der Waals surface area contributed by atoms with E-state index >= 15 is 0 Å². The number of nitrogens with one attached hydrogen (secondary N) is 1. The molecule has 0 spiro atoms. The van der Waals surface area contributed by atoms with E-state index in [1.54, 1.807) is 25.1 Å². The minimum Gasteiger partial charge on any atom is -0.375 e. The van der Waals surface area contributed by atoms with E-state index in [4.69, 9.17) is 5.73 Å². The van der Waals surface area contributed by atoms with Crippen molar-refractivity contribution in [2.45, 2.75) is 13.0 Å². The largest absolute Gasteiger partial charge is 0.375 e. The Hall–Kier alpha value is -1.67. The molecule has 8 heteroatoms. The van der Waals surface area contributed by atoms with Crippen molar-refractivity contribution in [1.29, 1.82) is 0 Å². The standard InChI is InChI=1S/C12H15N3O3S2/c1-7(6-20(2,17)18)14-11(16)8-3-4-9-10(5-8)19-12(13)15-9/h3-5,7H,6H2,1-2H3,(H2,13,15)(H,14,16). The molecular formula is C12H15N3O3S2. The van der Waals surface area contributed by atoms with Crippen LogP contribution in [0.4, 0.5) is 5.13 Å². The second-order valence-corrected chi connectivity index (χ2v) is 7.95. The Balaban J connectivity index is 2.14. The van der Waals surface area contributed by atoms with Gasteiger partial charge in [-0.1, -0.05) is 11.3 Å². The predicted molar refractivity (Wildman–Crippen MR) is 80.7 cm³/mol. The van der Waals surface area contributed by atoms with Crippen molar-refractivity contribution in [2.75, 3.05) is 17.7 Å². The lowest BCUT2D eigenvalue weighted by Crippen LogP contribution is -2.37. The zero-order chi connectivity index (χ0) is 14.9. The van der Waals surface area contributed by atoms with Crippen molar-refractivity contribution in [3.63, 3.8) is 0 Å². The Labute approximate surface area is 120 Å². The summed E-state index contributed by atoms with van der Waals surface area (Å²) in [4.78, 5) is 16.1. The molecule has 0 fully saturated rings. The van der Waals surface area contributed by atoms with Crippen molar-refractivity contribution in [3.05, 3.63) is 23.8 Å². The van der Waals surface area contributed by atoms with Crippen LogP contribution in [0.25, 0.3) is 10.2 Å². The van der Waals surface area contributed by atoms with Gasteiger partial charge in [-0.2, -0.15) is 0 Å². The Bertz CT molecular complexity index is 752.